The van der Waals surface area contributed by atoms with Crippen LogP contribution in [0, 0.1) is 17.6 Å². The van der Waals surface area contributed by atoms with Crippen LogP contribution in [0.25, 0.3) is 0 Å². The third-order valence-electron chi connectivity index (χ3n) is 5.44. The summed E-state index contributed by atoms with van der Waals surface area (Å²) in [5, 5.41) is 0. The number of rotatable bonds is 7. The molecule has 0 aromatic heterocycles. The van der Waals surface area contributed by atoms with Gasteiger partial charge in [0.25, 0.3) is 0 Å². The van der Waals surface area contributed by atoms with Crippen LogP contribution in [0.2, 0.25) is 0 Å². The minimum absolute atomic E-state index is 0.0454. The fourth-order valence-corrected chi connectivity index (χ4v) is 3.80. The summed E-state index contributed by atoms with van der Waals surface area (Å²) in [5.41, 5.74) is 4.15. The van der Waals surface area contributed by atoms with Gasteiger partial charge in [0.1, 0.15) is 18.2 Å². The predicted molar refractivity (Wildman–Crippen MR) is 124 cm³/mol. The van der Waals surface area contributed by atoms with Crippen LogP contribution in [0.4, 0.5) is 8.78 Å². The van der Waals surface area contributed by atoms with E-state index in [0.717, 1.165) is 16.6 Å². The lowest BCUT2D eigenvalue weighted by molar-refractivity contribution is 0.292. The molecule has 0 saturated carbocycles. The quantitative estimate of drug-likeness (QED) is 0.442. The molecule has 1 heterocycles. The molecule has 1 aromatic carbocycles. The average molecular weight is 481 g/mol. The van der Waals surface area contributed by atoms with Crippen molar-refractivity contribution in [1.29, 1.82) is 0 Å². The lowest BCUT2D eigenvalue weighted by Gasteiger charge is -2.20. The highest BCUT2D eigenvalue weighted by Gasteiger charge is 2.19. The van der Waals surface area contributed by atoms with E-state index in [1.807, 2.05) is 6.08 Å². The molecule has 0 N–H and O–H groups in total. The first-order valence-corrected chi connectivity index (χ1v) is 11.1. The van der Waals surface area contributed by atoms with Crippen LogP contribution < -0.4 is 0 Å². The summed E-state index contributed by atoms with van der Waals surface area (Å²) >= 11 is 3.57. The van der Waals surface area contributed by atoms with Gasteiger partial charge in [0.05, 0.1) is 11.0 Å². The van der Waals surface area contributed by atoms with Gasteiger partial charge in [-0.1, -0.05) is 19.4 Å². The molecule has 0 spiro atoms. The lowest BCUT2D eigenvalue weighted by Crippen LogP contribution is -2.12. The van der Waals surface area contributed by atoms with Gasteiger partial charge < -0.3 is 9.64 Å². The van der Waals surface area contributed by atoms with E-state index in [9.17, 15) is 8.78 Å². The fourth-order valence-electron chi connectivity index (χ4n) is 3.31. The minimum atomic E-state index is -0.540. The third kappa shape index (κ3) is 6.03. The second-order valence-electron chi connectivity index (χ2n) is 7.70. The van der Waals surface area contributed by atoms with Gasteiger partial charge in [0, 0.05) is 25.1 Å². The molecule has 6 heteroatoms. The smallest absolute Gasteiger partial charge is 0.223 e. The molecule has 0 saturated heterocycles. The Morgan fingerprint density at radius 2 is 1.93 bits per heavy atom. The first-order chi connectivity index (χ1) is 14.2. The molecule has 0 amide bonds. The van der Waals surface area contributed by atoms with Crippen molar-refractivity contribution < 1.29 is 13.5 Å². The van der Waals surface area contributed by atoms with Crippen LogP contribution in [0.1, 0.15) is 45.7 Å². The van der Waals surface area contributed by atoms with Gasteiger partial charge in [-0.3, -0.25) is 0 Å². The van der Waals surface area contributed by atoms with Crippen molar-refractivity contribution in [2.24, 2.45) is 10.9 Å². The summed E-state index contributed by atoms with van der Waals surface area (Å²) in [6.07, 6.45) is 4.52. The van der Waals surface area contributed by atoms with Crippen molar-refractivity contribution in [1.82, 2.24) is 4.90 Å². The minimum Gasteiger partial charge on any atom is -0.472 e. The topological polar surface area (TPSA) is 24.8 Å². The number of benzene rings is 1. The number of hydrogen-bond donors (Lipinski definition) is 0. The predicted octanol–water partition coefficient (Wildman–Crippen LogP) is 6.54. The fraction of sp³-hybridized carbons (Fsp3) is 0.458. The Hall–Kier alpha value is -1.95. The molecule has 1 atom stereocenters. The van der Waals surface area contributed by atoms with Crippen molar-refractivity contribution in [2.75, 3.05) is 20.1 Å². The number of ether oxygens (including phenoxy) is 1. The second-order valence-corrected chi connectivity index (χ2v) is 8.55. The second kappa shape index (κ2) is 10.9. The Morgan fingerprint density at radius 1 is 1.30 bits per heavy atom. The maximum Gasteiger partial charge on any atom is 0.223 e. The van der Waals surface area contributed by atoms with Gasteiger partial charge in [-0.15, -0.1) is 0 Å². The molecule has 0 bridgehead atoms. The monoisotopic (exact) mass is 480 g/mol. The number of hydrogen-bond acceptors (Lipinski definition) is 3. The van der Waals surface area contributed by atoms with Gasteiger partial charge >= 0.3 is 0 Å². The van der Waals surface area contributed by atoms with Gasteiger partial charge in [0.2, 0.25) is 5.90 Å². The van der Waals surface area contributed by atoms with Crippen LogP contribution in [0.5, 0.6) is 0 Å². The van der Waals surface area contributed by atoms with E-state index in [4.69, 9.17) is 4.74 Å². The summed E-state index contributed by atoms with van der Waals surface area (Å²) in [5.74, 6) is -0.419. The van der Waals surface area contributed by atoms with Crippen LogP contribution >= 0.6 is 15.9 Å². The van der Waals surface area contributed by atoms with Gasteiger partial charge in [0.15, 0.2) is 0 Å². The van der Waals surface area contributed by atoms with E-state index in [2.05, 4.69) is 66.8 Å². The van der Waals surface area contributed by atoms with Crippen molar-refractivity contribution in [3.05, 3.63) is 68.4 Å². The molecule has 30 heavy (non-hydrogen) atoms. The van der Waals surface area contributed by atoms with Gasteiger partial charge in [-0.05, 0) is 84.2 Å². The molecule has 0 fully saturated rings. The number of halogens is 3. The van der Waals surface area contributed by atoms with Crippen LogP contribution in [0.15, 0.2) is 50.6 Å². The van der Waals surface area contributed by atoms with Crippen LogP contribution in [-0.4, -0.2) is 30.9 Å². The van der Waals surface area contributed by atoms with E-state index in [1.54, 1.807) is 6.92 Å². The Morgan fingerprint density at radius 3 is 2.50 bits per heavy atom. The average Bonchev–Trinajstić information content (AvgIpc) is 2.84. The highest BCUT2D eigenvalue weighted by Crippen LogP contribution is 2.29. The highest BCUT2D eigenvalue weighted by molar-refractivity contribution is 9.12. The summed E-state index contributed by atoms with van der Waals surface area (Å²) in [4.78, 5) is 6.71. The molecule has 0 radical (unpaired) electrons. The molecular formula is C24H31BrF2N2O. The Kier molecular flexibility index (Phi) is 8.83. The Bertz CT molecular complexity index is 879. The SMILES string of the molecule is CCc1c(F)cc(COC2=NCC(C)=C(C(C)C(C)=CN(C)CC)C=C2Br)cc1F. The zero-order valence-corrected chi connectivity index (χ0v) is 20.2. The molecule has 3 nitrogen and oxygen atoms in total. The molecule has 1 unspecified atom stereocenters. The van der Waals surface area contributed by atoms with E-state index in [0.29, 0.717) is 24.4 Å². The molecule has 164 valence electrons. The first-order valence-electron chi connectivity index (χ1n) is 10.3. The normalized spacial score (nSPS) is 16.1. The zero-order chi connectivity index (χ0) is 22.4. The molecule has 0 aliphatic carbocycles. The summed E-state index contributed by atoms with van der Waals surface area (Å²) in [6, 6.07) is 2.65. The van der Waals surface area contributed by atoms with Crippen LogP contribution in [0.3, 0.4) is 0 Å². The van der Waals surface area contributed by atoms with Crippen molar-refractivity contribution in [2.45, 2.75) is 47.6 Å². The van der Waals surface area contributed by atoms with E-state index < -0.39 is 11.6 Å². The Balaban J connectivity index is 2.17. The van der Waals surface area contributed by atoms with Crippen molar-refractivity contribution >= 4 is 21.8 Å². The molecule has 1 aromatic rings. The van der Waals surface area contributed by atoms with Gasteiger partial charge in [-0.2, -0.15) is 0 Å². The van der Waals surface area contributed by atoms with Gasteiger partial charge in [-0.25, -0.2) is 13.8 Å². The van der Waals surface area contributed by atoms with E-state index >= 15 is 0 Å². The standard InChI is InChI=1S/C24H31BrF2N2O/c1-7-19-22(26)9-18(10-23(19)27)14-30-24-21(25)11-20(15(3)12-28-24)17(5)16(4)13-29(6)8-2/h9-11,13,17H,7-8,12,14H2,1-6H3. The zero-order valence-electron chi connectivity index (χ0n) is 18.7. The maximum absolute atomic E-state index is 14.0. The molecule has 1 aliphatic rings. The largest absolute Gasteiger partial charge is 0.472 e. The first kappa shape index (κ1) is 24.3. The Labute approximate surface area is 187 Å². The van der Waals surface area contributed by atoms with E-state index in [1.165, 1.54) is 23.3 Å². The van der Waals surface area contributed by atoms with Crippen LogP contribution in [-0.2, 0) is 17.8 Å². The molecular weight excluding hydrogens is 450 g/mol. The summed E-state index contributed by atoms with van der Waals surface area (Å²) in [6.45, 7) is 11.7. The molecule has 1 aliphatic heterocycles. The van der Waals surface area contributed by atoms with Crippen molar-refractivity contribution in [3.63, 3.8) is 0 Å². The maximum atomic E-state index is 14.0. The molecule has 2 rings (SSSR count). The number of nitrogens with zero attached hydrogens (tertiary/aromatic N) is 2. The summed E-state index contributed by atoms with van der Waals surface area (Å²) < 4.78 is 34.6. The lowest BCUT2D eigenvalue weighted by atomic mass is 9.90. The van der Waals surface area contributed by atoms with E-state index in [-0.39, 0.29) is 18.1 Å². The van der Waals surface area contributed by atoms with Crippen molar-refractivity contribution in [3.8, 4) is 0 Å². The third-order valence-corrected chi connectivity index (χ3v) is 6.01. The summed E-state index contributed by atoms with van der Waals surface area (Å²) in [7, 11) is 2.06. The number of allylic oxidation sites excluding steroid dienone is 3. The highest BCUT2D eigenvalue weighted by atomic mass is 79.9. The number of aliphatic imine (C=N–C) groups is 1.